The van der Waals surface area contributed by atoms with Gasteiger partial charge in [0.15, 0.2) is 11.6 Å². The van der Waals surface area contributed by atoms with Gasteiger partial charge in [-0.15, -0.1) is 0 Å². The lowest BCUT2D eigenvalue weighted by Crippen LogP contribution is -2.48. The molecular weight excluding hydrogens is 569 g/mol. The zero-order valence-corrected chi connectivity index (χ0v) is 22.7. The number of hydrogen-bond acceptors (Lipinski definition) is 8. The fourth-order valence-corrected chi connectivity index (χ4v) is 3.82. The number of amides is 3. The number of urea groups is 1. The van der Waals surface area contributed by atoms with Gasteiger partial charge in [-0.05, 0) is 17.5 Å². The smallest absolute Gasteiger partial charge is 0.447 e. The number of fused-ring (bicyclic) bond motifs is 1. The Labute approximate surface area is 233 Å². The van der Waals surface area contributed by atoms with Crippen LogP contribution < -0.4 is 10.6 Å². The van der Waals surface area contributed by atoms with E-state index in [9.17, 15) is 28.0 Å². The Morgan fingerprint density at radius 1 is 1.05 bits per heavy atom. The van der Waals surface area contributed by atoms with Crippen molar-refractivity contribution in [3.05, 3.63) is 71.9 Å². The largest absolute Gasteiger partial charge is 0.469 e. The minimum Gasteiger partial charge on any atom is -0.447 e. The van der Waals surface area contributed by atoms with Gasteiger partial charge in [-0.2, -0.15) is 0 Å². The molecule has 0 fully saturated rings. The molecule has 1 heterocycles. The van der Waals surface area contributed by atoms with E-state index in [-0.39, 0.29) is 24.5 Å². The molecule has 1 aromatic heterocycles. The molecule has 0 saturated carbocycles. The number of phosphoric ester groups is 1. The van der Waals surface area contributed by atoms with Crippen LogP contribution in [0.15, 0.2) is 54.7 Å². The van der Waals surface area contributed by atoms with Crippen molar-refractivity contribution < 1.29 is 51.8 Å². The number of nitrogens with one attached hydrogen (secondary N) is 2. The molecule has 0 radical (unpaired) electrons. The summed E-state index contributed by atoms with van der Waals surface area (Å²) in [6.45, 7) is -2.19. The Bertz CT molecular complexity index is 1390. The molecule has 16 heteroatoms. The highest BCUT2D eigenvalue weighted by atomic mass is 31.2. The van der Waals surface area contributed by atoms with Gasteiger partial charge in [-0.25, -0.2) is 27.9 Å². The van der Waals surface area contributed by atoms with Gasteiger partial charge in [-0.3, -0.25) is 9.84 Å². The number of ether oxygens (including phenoxy) is 2. The van der Waals surface area contributed by atoms with Gasteiger partial charge in [0.1, 0.15) is 18.5 Å². The van der Waals surface area contributed by atoms with Crippen molar-refractivity contribution in [2.24, 2.45) is 0 Å². The monoisotopic (exact) mass is 598 g/mol. The molecule has 2 aromatic carbocycles. The summed E-state index contributed by atoms with van der Waals surface area (Å²) in [5, 5.41) is 16.4. The second-order valence-corrected chi connectivity index (χ2v) is 9.99. The number of likely N-dealkylation sites (N-methyl/N-ethyl adjacent to an activating group) is 1. The molecule has 222 valence electrons. The zero-order chi connectivity index (χ0) is 30.0. The van der Waals surface area contributed by atoms with Crippen LogP contribution in [0.25, 0.3) is 10.8 Å². The fourth-order valence-electron chi connectivity index (χ4n) is 3.45. The maximum Gasteiger partial charge on any atom is 0.469 e. The number of pyridine rings is 1. The number of phosphoric acid groups is 1. The number of hydrogen-bond donors (Lipinski definition) is 5. The number of aliphatic hydroxyl groups excluding tert-OH is 1. The molecule has 41 heavy (non-hydrogen) atoms. The molecule has 3 amide bonds. The summed E-state index contributed by atoms with van der Waals surface area (Å²) in [6, 6.07) is 10.8. The van der Waals surface area contributed by atoms with Gasteiger partial charge in [0.05, 0.1) is 25.9 Å². The minimum absolute atomic E-state index is 0.0914. The van der Waals surface area contributed by atoms with Crippen molar-refractivity contribution in [2.75, 3.05) is 38.8 Å². The number of aromatic nitrogens is 1. The Balaban J connectivity index is 1.60. The topological polar surface area (TPSA) is 180 Å². The molecule has 0 spiro atoms. The lowest BCUT2D eigenvalue weighted by Gasteiger charge is -2.28. The molecule has 2 atom stereocenters. The maximum atomic E-state index is 14.0. The van der Waals surface area contributed by atoms with E-state index in [1.54, 1.807) is 12.3 Å². The Morgan fingerprint density at radius 3 is 2.51 bits per heavy atom. The summed E-state index contributed by atoms with van der Waals surface area (Å²) in [7, 11) is -3.46. The van der Waals surface area contributed by atoms with Crippen LogP contribution in [0.5, 0.6) is 0 Å². The molecule has 3 rings (SSSR count). The van der Waals surface area contributed by atoms with Crippen LogP contribution >= 0.6 is 7.82 Å². The first kappa shape index (κ1) is 31.8. The van der Waals surface area contributed by atoms with Gasteiger partial charge in [0.25, 0.3) is 0 Å². The first-order valence-electron chi connectivity index (χ1n) is 12.1. The van der Waals surface area contributed by atoms with Crippen molar-refractivity contribution in [3.63, 3.8) is 0 Å². The van der Waals surface area contributed by atoms with Gasteiger partial charge in [0, 0.05) is 30.7 Å². The van der Waals surface area contributed by atoms with Crippen LogP contribution in [0, 0.1) is 11.6 Å². The van der Waals surface area contributed by atoms with Crippen LogP contribution in [-0.4, -0.2) is 82.5 Å². The van der Waals surface area contributed by atoms with E-state index in [1.165, 1.54) is 19.2 Å². The molecule has 0 aliphatic heterocycles. The number of aliphatic hydroxyl groups is 1. The number of carbonyl (C=O) groups is 2. The van der Waals surface area contributed by atoms with Crippen molar-refractivity contribution >= 4 is 36.5 Å². The van der Waals surface area contributed by atoms with Crippen LogP contribution in [0.4, 0.5) is 24.2 Å². The van der Waals surface area contributed by atoms with Crippen molar-refractivity contribution in [1.29, 1.82) is 0 Å². The van der Waals surface area contributed by atoms with Crippen LogP contribution in [-0.2, 0) is 25.1 Å². The Morgan fingerprint density at radius 2 is 1.78 bits per heavy atom. The van der Waals surface area contributed by atoms with Crippen molar-refractivity contribution in [2.45, 2.75) is 18.7 Å². The summed E-state index contributed by atoms with van der Waals surface area (Å²) >= 11 is 0. The summed E-state index contributed by atoms with van der Waals surface area (Å²) in [6.07, 6.45) is -0.729. The highest BCUT2D eigenvalue weighted by molar-refractivity contribution is 7.46. The minimum atomic E-state index is -4.80. The number of halogens is 2. The summed E-state index contributed by atoms with van der Waals surface area (Å²) < 4.78 is 53.0. The first-order chi connectivity index (χ1) is 19.4. The fraction of sp³-hybridized carbons (Fsp3) is 0.320. The van der Waals surface area contributed by atoms with Crippen molar-refractivity contribution in [3.8, 4) is 0 Å². The van der Waals surface area contributed by atoms with E-state index in [2.05, 4.69) is 20.1 Å². The van der Waals surface area contributed by atoms with E-state index in [0.29, 0.717) is 0 Å². The van der Waals surface area contributed by atoms with Crippen LogP contribution in [0.1, 0.15) is 5.56 Å². The van der Waals surface area contributed by atoms with E-state index in [4.69, 9.17) is 19.3 Å². The number of benzene rings is 2. The third-order valence-electron chi connectivity index (χ3n) is 5.65. The van der Waals surface area contributed by atoms with Gasteiger partial charge < -0.3 is 34.6 Å². The van der Waals surface area contributed by atoms with Gasteiger partial charge in [0.2, 0.25) is 0 Å². The number of rotatable bonds is 13. The molecule has 0 aliphatic carbocycles. The molecule has 0 aliphatic rings. The molecule has 5 N–H and O–H groups in total. The number of anilines is 1. The predicted molar refractivity (Wildman–Crippen MR) is 142 cm³/mol. The number of nitrogens with zero attached hydrogens (tertiary/aromatic N) is 2. The third-order valence-corrected chi connectivity index (χ3v) is 6.14. The van der Waals surface area contributed by atoms with E-state index < -0.39 is 63.5 Å². The molecule has 0 unspecified atom stereocenters. The average molecular weight is 598 g/mol. The van der Waals surface area contributed by atoms with Gasteiger partial charge in [-0.1, -0.05) is 36.4 Å². The molecule has 13 nitrogen and oxygen atoms in total. The normalized spacial score (nSPS) is 12.9. The van der Waals surface area contributed by atoms with E-state index in [0.717, 1.165) is 21.7 Å². The summed E-state index contributed by atoms with van der Waals surface area (Å²) in [5.74, 6) is -1.96. The van der Waals surface area contributed by atoms with E-state index >= 15 is 0 Å². The first-order valence-corrected chi connectivity index (χ1v) is 13.6. The second kappa shape index (κ2) is 14.8. The molecule has 0 bridgehead atoms. The van der Waals surface area contributed by atoms with Gasteiger partial charge >= 0.3 is 19.9 Å². The zero-order valence-electron chi connectivity index (χ0n) is 21.8. The molecule has 3 aromatic rings. The second-order valence-electron chi connectivity index (χ2n) is 8.75. The highest BCUT2D eigenvalue weighted by Gasteiger charge is 2.24. The molecule has 0 saturated heterocycles. The van der Waals surface area contributed by atoms with E-state index in [1.807, 2.05) is 24.3 Å². The highest BCUT2D eigenvalue weighted by Crippen LogP contribution is 2.35. The van der Waals surface area contributed by atoms with Crippen LogP contribution in [0.2, 0.25) is 0 Å². The average Bonchev–Trinajstić information content (AvgIpc) is 2.93. The summed E-state index contributed by atoms with van der Waals surface area (Å²) in [5.41, 5.74) is -0.0914. The predicted octanol–water partition coefficient (Wildman–Crippen LogP) is 2.76. The van der Waals surface area contributed by atoms with Crippen LogP contribution in [0.3, 0.4) is 0 Å². The molecular formula is C25H29F2N4O9P. The third kappa shape index (κ3) is 10.3. The maximum absolute atomic E-state index is 14.0. The van der Waals surface area contributed by atoms with Crippen molar-refractivity contribution in [1.82, 2.24) is 15.2 Å². The summed E-state index contributed by atoms with van der Waals surface area (Å²) in [4.78, 5) is 47.9. The lowest BCUT2D eigenvalue weighted by atomic mass is 10.2. The Kier molecular flexibility index (Phi) is 11.5. The Hall–Kier alpha value is -3.72. The lowest BCUT2D eigenvalue weighted by molar-refractivity contribution is -0.0153. The number of carbonyl (C=O) groups excluding carboxylic acids is 2. The quantitative estimate of drug-likeness (QED) is 0.184. The standard InChI is InChI=1S/C25H29F2N4O9P/c1-31(24(33)29-11-18-7-4-8-21(26)23(18)27)19(12-38-14-20(32)15-40-41(35,36)37)13-39-25(34)30-22-9-16-5-2-3-6-17(16)10-28-22/h2-10,19-20,32H,11-15H2,1H3,(H,29,33)(H,28,30,34)(H2,35,36,37)/t19-,20-/m0/s1. The SMILES string of the molecule is CN(C(=O)NCc1cccc(F)c1F)[C@@H](COC[C@H](O)COP(=O)(O)O)COC(=O)Nc1cc2ccccc2cn1.